The number of rotatable bonds is 5. The van der Waals surface area contributed by atoms with E-state index >= 15 is 0 Å². The molecule has 2 aromatic rings. The summed E-state index contributed by atoms with van der Waals surface area (Å²) in [6, 6.07) is 7.91. The minimum atomic E-state index is -0.334. The first-order valence-corrected chi connectivity index (χ1v) is 9.76. The third kappa shape index (κ3) is 3.84. The highest BCUT2D eigenvalue weighted by molar-refractivity contribution is 6.11. The van der Waals surface area contributed by atoms with Crippen molar-refractivity contribution in [3.8, 4) is 11.8 Å². The molecule has 1 aliphatic carbocycles. The van der Waals surface area contributed by atoms with Crippen molar-refractivity contribution in [1.29, 1.82) is 0 Å². The first-order chi connectivity index (χ1) is 13.4. The van der Waals surface area contributed by atoms with E-state index in [2.05, 4.69) is 29.8 Å². The summed E-state index contributed by atoms with van der Waals surface area (Å²) in [4.78, 5) is 31.3. The number of hydrogen-bond donors (Lipinski definition) is 0. The van der Waals surface area contributed by atoms with Gasteiger partial charge in [0.05, 0.1) is 5.69 Å². The average molecular weight is 374 g/mol. The summed E-state index contributed by atoms with van der Waals surface area (Å²) in [6.45, 7) is 9.27. The molecule has 0 bridgehead atoms. The Morgan fingerprint density at radius 3 is 2.43 bits per heavy atom. The van der Waals surface area contributed by atoms with Crippen LogP contribution in [0.2, 0.25) is 0 Å². The van der Waals surface area contributed by atoms with E-state index in [9.17, 15) is 9.59 Å². The van der Waals surface area contributed by atoms with Crippen molar-refractivity contribution in [2.24, 2.45) is 0 Å². The van der Waals surface area contributed by atoms with E-state index < -0.39 is 0 Å². The Bertz CT molecular complexity index is 1010. The number of amides is 1. The second-order valence-electron chi connectivity index (χ2n) is 7.37. The second-order valence-corrected chi connectivity index (χ2v) is 7.37. The number of benzene rings is 1. The Labute approximate surface area is 167 Å². The molecule has 1 aromatic carbocycles. The molecular formula is C24H26N2O2. The zero-order chi connectivity index (χ0) is 20.4. The Morgan fingerprint density at radius 2 is 1.86 bits per heavy atom. The number of aromatic nitrogens is 1. The van der Waals surface area contributed by atoms with Crippen LogP contribution in [0.3, 0.4) is 0 Å². The minimum Gasteiger partial charge on any atom is -0.293 e. The van der Waals surface area contributed by atoms with Gasteiger partial charge in [0.25, 0.3) is 0 Å². The Morgan fingerprint density at radius 1 is 1.18 bits per heavy atom. The van der Waals surface area contributed by atoms with Crippen LogP contribution in [0.4, 0.5) is 11.5 Å². The summed E-state index contributed by atoms with van der Waals surface area (Å²) < 4.78 is 0. The van der Waals surface area contributed by atoms with Crippen LogP contribution in [0.5, 0.6) is 0 Å². The number of nitrogens with zero attached hydrogens (tertiary/aromatic N) is 2. The molecule has 1 amide bonds. The third-order valence-corrected chi connectivity index (χ3v) is 5.24. The fraction of sp³-hybridized carbons (Fsp3) is 0.375. The van der Waals surface area contributed by atoms with Gasteiger partial charge in [-0.1, -0.05) is 25.0 Å². The standard InChI is InChI=1S/C24H26N2O2/c1-6-8-23(28)26(22-12-11-18(7-2)24(25-22)17(5)27)21-14-16(4)15(3)13-20(21)19-9-10-19/h11-14,19H,7,9-10H2,1-5H3. The molecular weight excluding hydrogens is 348 g/mol. The molecule has 0 radical (unpaired) electrons. The lowest BCUT2D eigenvalue weighted by Crippen LogP contribution is -2.27. The molecule has 4 heteroatoms. The Hall–Kier alpha value is -2.93. The predicted octanol–water partition coefficient (Wildman–Crippen LogP) is 5.03. The van der Waals surface area contributed by atoms with Crippen molar-refractivity contribution >= 4 is 23.2 Å². The Balaban J connectivity index is 2.23. The van der Waals surface area contributed by atoms with Crippen LogP contribution in [0.25, 0.3) is 0 Å². The molecule has 28 heavy (non-hydrogen) atoms. The molecule has 4 nitrogen and oxygen atoms in total. The van der Waals surface area contributed by atoms with E-state index in [1.807, 2.05) is 32.0 Å². The summed E-state index contributed by atoms with van der Waals surface area (Å²) in [5.74, 6) is 5.82. The topological polar surface area (TPSA) is 50.3 Å². The maximum Gasteiger partial charge on any atom is 0.308 e. The molecule has 0 spiro atoms. The number of aryl methyl sites for hydroxylation is 3. The molecule has 0 unspecified atom stereocenters. The molecule has 1 heterocycles. The van der Waals surface area contributed by atoms with Crippen LogP contribution >= 0.6 is 0 Å². The van der Waals surface area contributed by atoms with Crippen LogP contribution in [-0.4, -0.2) is 16.7 Å². The lowest BCUT2D eigenvalue weighted by molar-refractivity contribution is -0.112. The summed E-state index contributed by atoms with van der Waals surface area (Å²) in [6.07, 6.45) is 2.96. The molecule has 1 aromatic heterocycles. The minimum absolute atomic E-state index is 0.102. The maximum atomic E-state index is 13.0. The first kappa shape index (κ1) is 19.8. The predicted molar refractivity (Wildman–Crippen MR) is 112 cm³/mol. The first-order valence-electron chi connectivity index (χ1n) is 9.76. The van der Waals surface area contributed by atoms with Gasteiger partial charge in [-0.2, -0.15) is 0 Å². The molecule has 1 aliphatic rings. The van der Waals surface area contributed by atoms with Gasteiger partial charge >= 0.3 is 5.91 Å². The highest BCUT2D eigenvalue weighted by Crippen LogP contribution is 2.46. The van der Waals surface area contributed by atoms with Gasteiger partial charge in [-0.3, -0.25) is 14.5 Å². The number of anilines is 2. The lowest BCUT2D eigenvalue weighted by atomic mass is 9.99. The van der Waals surface area contributed by atoms with Crippen molar-refractivity contribution in [3.05, 3.63) is 52.2 Å². The fourth-order valence-corrected chi connectivity index (χ4v) is 3.43. The smallest absolute Gasteiger partial charge is 0.293 e. The van der Waals surface area contributed by atoms with Crippen molar-refractivity contribution in [2.45, 2.75) is 59.8 Å². The summed E-state index contributed by atoms with van der Waals surface area (Å²) in [5, 5.41) is 0. The number of hydrogen-bond acceptors (Lipinski definition) is 3. The largest absolute Gasteiger partial charge is 0.308 e. The molecule has 0 atom stereocenters. The van der Waals surface area contributed by atoms with E-state index in [1.54, 1.807) is 11.8 Å². The highest BCUT2D eigenvalue weighted by Gasteiger charge is 2.31. The van der Waals surface area contributed by atoms with Crippen LogP contribution < -0.4 is 4.90 Å². The van der Waals surface area contributed by atoms with Crippen molar-refractivity contribution in [3.63, 3.8) is 0 Å². The average Bonchev–Trinajstić information content (AvgIpc) is 3.49. The summed E-state index contributed by atoms with van der Waals surface area (Å²) in [7, 11) is 0. The quantitative estimate of drug-likeness (QED) is 0.545. The van der Waals surface area contributed by atoms with Gasteiger partial charge in [-0.25, -0.2) is 4.98 Å². The second kappa shape index (κ2) is 7.98. The van der Waals surface area contributed by atoms with Crippen LogP contribution in [0.1, 0.15) is 72.3 Å². The normalized spacial score (nSPS) is 12.9. The van der Waals surface area contributed by atoms with E-state index in [0.29, 0.717) is 23.9 Å². The number of pyridine rings is 1. The van der Waals surface area contributed by atoms with E-state index in [4.69, 9.17) is 0 Å². The van der Waals surface area contributed by atoms with Gasteiger partial charge in [0.2, 0.25) is 0 Å². The Kier molecular flexibility index (Phi) is 5.65. The SMILES string of the molecule is CC#CC(=O)N(c1ccc(CC)c(C(C)=O)n1)c1cc(C)c(C)cc1C1CC1. The van der Waals surface area contributed by atoms with Gasteiger partial charge in [-0.05, 0) is 86.3 Å². The van der Waals surface area contributed by atoms with Crippen molar-refractivity contribution in [2.75, 3.05) is 4.90 Å². The molecule has 1 saturated carbocycles. The van der Waals surface area contributed by atoms with Gasteiger partial charge in [0.1, 0.15) is 11.5 Å². The van der Waals surface area contributed by atoms with Gasteiger partial charge < -0.3 is 0 Å². The molecule has 0 aliphatic heterocycles. The van der Waals surface area contributed by atoms with Crippen molar-refractivity contribution in [1.82, 2.24) is 4.98 Å². The van der Waals surface area contributed by atoms with Gasteiger partial charge in [0, 0.05) is 6.92 Å². The fourth-order valence-electron chi connectivity index (χ4n) is 3.43. The van der Waals surface area contributed by atoms with E-state index in [1.165, 1.54) is 12.5 Å². The molecule has 144 valence electrons. The number of ketones is 1. The third-order valence-electron chi connectivity index (χ3n) is 5.24. The molecule has 1 fully saturated rings. The van der Waals surface area contributed by atoms with E-state index in [0.717, 1.165) is 35.2 Å². The molecule has 0 saturated heterocycles. The number of carbonyl (C=O) groups excluding carboxylic acids is 2. The summed E-state index contributed by atoms with van der Waals surface area (Å²) >= 11 is 0. The van der Waals surface area contributed by atoms with Gasteiger partial charge in [-0.15, -0.1) is 0 Å². The van der Waals surface area contributed by atoms with E-state index in [-0.39, 0.29) is 11.7 Å². The maximum absolute atomic E-state index is 13.0. The van der Waals surface area contributed by atoms with Gasteiger partial charge in [0.15, 0.2) is 5.78 Å². The number of Topliss-reactive ketones (excluding diaryl/α,β-unsaturated/α-hetero) is 1. The van der Waals surface area contributed by atoms with Crippen LogP contribution in [0, 0.1) is 25.7 Å². The molecule has 0 N–H and O–H groups in total. The van der Waals surface area contributed by atoms with Crippen LogP contribution in [-0.2, 0) is 11.2 Å². The lowest BCUT2D eigenvalue weighted by Gasteiger charge is -2.24. The zero-order valence-corrected chi connectivity index (χ0v) is 17.2. The zero-order valence-electron chi connectivity index (χ0n) is 17.2. The van der Waals surface area contributed by atoms with Crippen molar-refractivity contribution < 1.29 is 9.59 Å². The summed E-state index contributed by atoms with van der Waals surface area (Å²) in [5.41, 5.74) is 5.59. The van der Waals surface area contributed by atoms with Crippen LogP contribution in [0.15, 0.2) is 24.3 Å². The highest BCUT2D eigenvalue weighted by atomic mass is 16.2. The molecule has 3 rings (SSSR count). The monoisotopic (exact) mass is 374 g/mol. The number of carbonyl (C=O) groups is 2.